The topological polar surface area (TPSA) is 45.5 Å². The second-order valence-corrected chi connectivity index (χ2v) is 7.39. The minimum absolute atomic E-state index is 0.0981. The van der Waals surface area contributed by atoms with Crippen molar-refractivity contribution in [2.24, 2.45) is 0 Å². The summed E-state index contributed by atoms with van der Waals surface area (Å²) >= 11 is 0. The fraction of sp³-hybridized carbons (Fsp3) is 0.476. The van der Waals surface area contributed by atoms with E-state index in [-0.39, 0.29) is 5.91 Å². The third-order valence-electron chi connectivity index (χ3n) is 5.68. The first-order chi connectivity index (χ1) is 12.1. The summed E-state index contributed by atoms with van der Waals surface area (Å²) < 4.78 is 5.46. The fourth-order valence-corrected chi connectivity index (χ4v) is 3.99. The van der Waals surface area contributed by atoms with Gasteiger partial charge >= 0.3 is 0 Å². The lowest BCUT2D eigenvalue weighted by atomic mass is 9.91. The Labute approximate surface area is 149 Å². The Balaban J connectivity index is 1.47. The molecule has 0 radical (unpaired) electrons. The number of carbonyl (C=O) groups is 1. The predicted molar refractivity (Wildman–Crippen MR) is 99.2 cm³/mol. The highest BCUT2D eigenvalue weighted by molar-refractivity contribution is 6.05. The summed E-state index contributed by atoms with van der Waals surface area (Å²) in [6.07, 6.45) is 6.29. The van der Waals surface area contributed by atoms with E-state index in [0.29, 0.717) is 11.3 Å². The monoisotopic (exact) mass is 338 g/mol. The van der Waals surface area contributed by atoms with Crippen LogP contribution in [0.4, 0.5) is 5.69 Å². The van der Waals surface area contributed by atoms with Gasteiger partial charge in [-0.1, -0.05) is 12.5 Å². The lowest BCUT2D eigenvalue weighted by Gasteiger charge is -2.36. The van der Waals surface area contributed by atoms with Crippen LogP contribution in [0.15, 0.2) is 28.7 Å². The Morgan fingerprint density at radius 2 is 1.88 bits per heavy atom. The molecule has 0 bridgehead atoms. The minimum atomic E-state index is -0.0981. The first kappa shape index (κ1) is 16.4. The van der Waals surface area contributed by atoms with Gasteiger partial charge in [0.05, 0.1) is 5.56 Å². The summed E-state index contributed by atoms with van der Waals surface area (Å²) in [6, 6.07) is 8.96. The lowest BCUT2D eigenvalue weighted by molar-refractivity contribution is 0.102. The second kappa shape index (κ2) is 6.68. The number of amides is 1. The van der Waals surface area contributed by atoms with Crippen molar-refractivity contribution >= 4 is 11.6 Å². The molecule has 0 unspecified atom stereocenters. The van der Waals surface area contributed by atoms with Crippen LogP contribution in [0, 0.1) is 13.8 Å². The molecule has 1 fully saturated rings. The highest BCUT2D eigenvalue weighted by Gasteiger charge is 2.26. The van der Waals surface area contributed by atoms with E-state index in [1.165, 1.54) is 30.4 Å². The number of carbonyl (C=O) groups excluding carboxylic acids is 1. The van der Waals surface area contributed by atoms with E-state index in [0.717, 1.165) is 43.4 Å². The van der Waals surface area contributed by atoms with Crippen LogP contribution in [0.3, 0.4) is 0 Å². The Morgan fingerprint density at radius 1 is 1.12 bits per heavy atom. The molecule has 0 atom stereocenters. The molecule has 1 amide bonds. The molecule has 25 heavy (non-hydrogen) atoms. The number of nitrogens with zero attached hydrogens (tertiary/aromatic N) is 1. The smallest absolute Gasteiger partial charge is 0.259 e. The second-order valence-electron chi connectivity index (χ2n) is 7.39. The maximum Gasteiger partial charge on any atom is 0.259 e. The molecule has 2 aliphatic rings. The Morgan fingerprint density at radius 3 is 2.52 bits per heavy atom. The fourth-order valence-electron chi connectivity index (χ4n) is 3.99. The average molecular weight is 338 g/mol. The van der Waals surface area contributed by atoms with Crippen LogP contribution in [0.2, 0.25) is 0 Å². The highest BCUT2D eigenvalue weighted by Crippen LogP contribution is 2.28. The molecular formula is C21H26N2O2. The zero-order valence-corrected chi connectivity index (χ0v) is 15.1. The van der Waals surface area contributed by atoms with E-state index in [2.05, 4.69) is 22.3 Å². The molecule has 0 saturated heterocycles. The van der Waals surface area contributed by atoms with E-state index in [4.69, 9.17) is 4.42 Å². The van der Waals surface area contributed by atoms with Crippen molar-refractivity contribution in [3.05, 3.63) is 52.5 Å². The maximum absolute atomic E-state index is 12.5. The van der Waals surface area contributed by atoms with Crippen molar-refractivity contribution in [1.82, 2.24) is 4.90 Å². The van der Waals surface area contributed by atoms with Crippen molar-refractivity contribution < 1.29 is 9.21 Å². The zero-order valence-electron chi connectivity index (χ0n) is 15.1. The van der Waals surface area contributed by atoms with E-state index in [9.17, 15) is 4.79 Å². The Hall–Kier alpha value is -2.07. The highest BCUT2D eigenvalue weighted by atomic mass is 16.3. The van der Waals surface area contributed by atoms with Crippen molar-refractivity contribution in [2.45, 2.75) is 52.0 Å². The quantitative estimate of drug-likeness (QED) is 0.916. The molecule has 0 spiro atoms. The SMILES string of the molecule is Cc1cc(C(=O)Nc2ccc3c(c2)CCN(C2CCC2)CC3)c(C)o1. The summed E-state index contributed by atoms with van der Waals surface area (Å²) in [5.41, 5.74) is 4.29. The summed E-state index contributed by atoms with van der Waals surface area (Å²) in [5, 5.41) is 3.03. The first-order valence-electron chi connectivity index (χ1n) is 9.34. The van der Waals surface area contributed by atoms with Crippen molar-refractivity contribution in [3.8, 4) is 0 Å². The number of aryl methyl sites for hydroxylation is 2. The Kier molecular flexibility index (Phi) is 4.38. The number of nitrogens with one attached hydrogen (secondary N) is 1. The largest absolute Gasteiger partial charge is 0.466 e. The molecule has 1 N–H and O–H groups in total. The molecule has 4 heteroatoms. The molecule has 4 nitrogen and oxygen atoms in total. The zero-order chi connectivity index (χ0) is 17.4. The van der Waals surface area contributed by atoms with E-state index >= 15 is 0 Å². The minimum Gasteiger partial charge on any atom is -0.466 e. The first-order valence-corrected chi connectivity index (χ1v) is 9.34. The number of anilines is 1. The molecule has 1 aromatic carbocycles. The van der Waals surface area contributed by atoms with Crippen molar-refractivity contribution in [2.75, 3.05) is 18.4 Å². The van der Waals surface area contributed by atoms with Crippen LogP contribution in [-0.4, -0.2) is 29.9 Å². The number of furan rings is 1. The number of hydrogen-bond acceptors (Lipinski definition) is 3. The number of hydrogen-bond donors (Lipinski definition) is 1. The Bertz CT molecular complexity index is 789. The van der Waals surface area contributed by atoms with Gasteiger partial charge in [-0.15, -0.1) is 0 Å². The summed E-state index contributed by atoms with van der Waals surface area (Å²) in [4.78, 5) is 15.1. The van der Waals surface area contributed by atoms with Crippen LogP contribution in [0.25, 0.3) is 0 Å². The van der Waals surface area contributed by atoms with E-state index < -0.39 is 0 Å². The van der Waals surface area contributed by atoms with Gasteiger partial charge in [-0.05, 0) is 68.9 Å². The summed E-state index contributed by atoms with van der Waals surface area (Å²) in [5.74, 6) is 1.33. The van der Waals surface area contributed by atoms with Crippen LogP contribution in [0.1, 0.15) is 52.3 Å². The van der Waals surface area contributed by atoms with Crippen LogP contribution in [-0.2, 0) is 12.8 Å². The van der Waals surface area contributed by atoms with Gasteiger partial charge in [0, 0.05) is 24.8 Å². The van der Waals surface area contributed by atoms with Gasteiger partial charge in [-0.2, -0.15) is 0 Å². The van der Waals surface area contributed by atoms with Gasteiger partial charge in [0.1, 0.15) is 11.5 Å². The van der Waals surface area contributed by atoms with Crippen molar-refractivity contribution in [3.63, 3.8) is 0 Å². The van der Waals surface area contributed by atoms with E-state index in [1.807, 2.05) is 19.9 Å². The molecule has 2 aromatic rings. The number of rotatable bonds is 3. The average Bonchev–Trinajstić information content (AvgIpc) is 2.75. The molecule has 1 saturated carbocycles. The van der Waals surface area contributed by atoms with Crippen LogP contribution >= 0.6 is 0 Å². The van der Waals surface area contributed by atoms with Gasteiger partial charge in [0.25, 0.3) is 5.91 Å². The molecule has 1 aromatic heterocycles. The predicted octanol–water partition coefficient (Wildman–Crippen LogP) is 4.10. The van der Waals surface area contributed by atoms with Crippen LogP contribution in [0.5, 0.6) is 0 Å². The summed E-state index contributed by atoms with van der Waals surface area (Å²) in [6.45, 7) is 5.99. The lowest BCUT2D eigenvalue weighted by Crippen LogP contribution is -2.41. The standard InChI is InChI=1S/C21H26N2O2/c1-14-12-20(15(2)25-14)21(24)22-18-7-6-16-8-10-23(19-4-3-5-19)11-9-17(16)13-18/h6-7,12-13,19H,3-5,8-11H2,1-2H3,(H,22,24). The van der Waals surface area contributed by atoms with Gasteiger partial charge in [0.2, 0.25) is 0 Å². The summed E-state index contributed by atoms with van der Waals surface area (Å²) in [7, 11) is 0. The maximum atomic E-state index is 12.5. The molecule has 1 aliphatic carbocycles. The van der Waals surface area contributed by atoms with E-state index in [1.54, 1.807) is 6.07 Å². The molecular weight excluding hydrogens is 312 g/mol. The molecule has 132 valence electrons. The normalized spacial score (nSPS) is 18.3. The van der Waals surface area contributed by atoms with Crippen LogP contribution < -0.4 is 5.32 Å². The number of fused-ring (bicyclic) bond motifs is 1. The van der Waals surface area contributed by atoms with Gasteiger partial charge < -0.3 is 9.73 Å². The third kappa shape index (κ3) is 3.36. The molecule has 2 heterocycles. The number of benzene rings is 1. The van der Waals surface area contributed by atoms with Gasteiger partial charge in [-0.25, -0.2) is 0 Å². The van der Waals surface area contributed by atoms with Crippen molar-refractivity contribution in [1.29, 1.82) is 0 Å². The molecule has 1 aliphatic heterocycles. The molecule has 4 rings (SSSR count). The van der Waals surface area contributed by atoms with Gasteiger partial charge in [-0.3, -0.25) is 9.69 Å². The third-order valence-corrected chi connectivity index (χ3v) is 5.68. The van der Waals surface area contributed by atoms with Gasteiger partial charge in [0.15, 0.2) is 0 Å².